The second kappa shape index (κ2) is 7.73. The minimum Gasteiger partial charge on any atom is -0.497 e. The standard InChI is InChI=1S/C19H21NO4/c1-22-16-6-4-7-17(12-16)23-10-9-20-19(21)15-11-14-5-2-3-8-18(14)24-13-15/h2-8,12,15H,9-11,13H2,1H3,(H,20,21)/t15-/m1/s1. The fourth-order valence-electron chi connectivity index (χ4n) is 2.67. The molecule has 1 heterocycles. The molecule has 1 N–H and O–H groups in total. The summed E-state index contributed by atoms with van der Waals surface area (Å²) in [5.74, 6) is 2.19. The molecule has 0 aliphatic carbocycles. The number of fused-ring (bicyclic) bond motifs is 1. The summed E-state index contributed by atoms with van der Waals surface area (Å²) in [6.07, 6.45) is 0.707. The highest BCUT2D eigenvalue weighted by Crippen LogP contribution is 2.26. The fraction of sp³-hybridized carbons (Fsp3) is 0.316. The molecule has 1 atom stereocenters. The maximum absolute atomic E-state index is 12.3. The zero-order chi connectivity index (χ0) is 16.8. The molecule has 5 heteroatoms. The number of benzene rings is 2. The van der Waals surface area contributed by atoms with Crippen molar-refractivity contribution in [2.75, 3.05) is 26.9 Å². The van der Waals surface area contributed by atoms with Crippen LogP contribution in [-0.2, 0) is 11.2 Å². The second-order valence-electron chi connectivity index (χ2n) is 5.64. The van der Waals surface area contributed by atoms with E-state index < -0.39 is 0 Å². The number of carbonyl (C=O) groups excluding carboxylic acids is 1. The molecule has 0 aromatic heterocycles. The van der Waals surface area contributed by atoms with Crippen LogP contribution in [0.2, 0.25) is 0 Å². The number of carbonyl (C=O) groups is 1. The van der Waals surface area contributed by atoms with Crippen LogP contribution in [0.5, 0.6) is 17.2 Å². The van der Waals surface area contributed by atoms with Gasteiger partial charge in [0.15, 0.2) is 0 Å². The lowest BCUT2D eigenvalue weighted by molar-refractivity contribution is -0.126. The van der Waals surface area contributed by atoms with Gasteiger partial charge < -0.3 is 19.5 Å². The molecule has 3 rings (SSSR count). The summed E-state index contributed by atoms with van der Waals surface area (Å²) < 4.78 is 16.4. The number of rotatable bonds is 6. The minimum absolute atomic E-state index is 0.00116. The largest absolute Gasteiger partial charge is 0.497 e. The molecule has 0 radical (unpaired) electrons. The third-order valence-electron chi connectivity index (χ3n) is 3.96. The minimum atomic E-state index is -0.156. The molecule has 0 spiro atoms. The van der Waals surface area contributed by atoms with Crippen LogP contribution in [0.4, 0.5) is 0 Å². The van der Waals surface area contributed by atoms with Gasteiger partial charge in [-0.05, 0) is 30.2 Å². The molecule has 0 saturated carbocycles. The molecule has 24 heavy (non-hydrogen) atoms. The van der Waals surface area contributed by atoms with Crippen LogP contribution in [0.3, 0.4) is 0 Å². The van der Waals surface area contributed by atoms with Crippen molar-refractivity contribution in [3.8, 4) is 17.2 Å². The van der Waals surface area contributed by atoms with Crippen LogP contribution in [0, 0.1) is 5.92 Å². The Morgan fingerprint density at radius 1 is 1.21 bits per heavy atom. The number of methoxy groups -OCH3 is 1. The molecule has 126 valence electrons. The summed E-state index contributed by atoms with van der Waals surface area (Å²) in [6.45, 7) is 1.27. The normalized spacial score (nSPS) is 15.8. The van der Waals surface area contributed by atoms with Gasteiger partial charge in [0.1, 0.15) is 30.5 Å². The van der Waals surface area contributed by atoms with Gasteiger partial charge in [-0.25, -0.2) is 0 Å². The van der Waals surface area contributed by atoms with Crippen molar-refractivity contribution in [3.05, 3.63) is 54.1 Å². The first-order valence-corrected chi connectivity index (χ1v) is 8.01. The van der Waals surface area contributed by atoms with E-state index in [1.54, 1.807) is 7.11 Å². The van der Waals surface area contributed by atoms with Crippen LogP contribution in [0.1, 0.15) is 5.56 Å². The Balaban J connectivity index is 1.43. The van der Waals surface area contributed by atoms with Crippen molar-refractivity contribution < 1.29 is 19.0 Å². The smallest absolute Gasteiger partial charge is 0.227 e. The molecule has 0 fully saturated rings. The van der Waals surface area contributed by atoms with Crippen molar-refractivity contribution >= 4 is 5.91 Å². The molecule has 1 aliphatic rings. The van der Waals surface area contributed by atoms with Crippen LogP contribution < -0.4 is 19.5 Å². The van der Waals surface area contributed by atoms with Crippen LogP contribution in [0.25, 0.3) is 0 Å². The van der Waals surface area contributed by atoms with Crippen molar-refractivity contribution in [2.45, 2.75) is 6.42 Å². The predicted octanol–water partition coefficient (Wildman–Crippen LogP) is 2.44. The fourth-order valence-corrected chi connectivity index (χ4v) is 2.67. The zero-order valence-electron chi connectivity index (χ0n) is 13.7. The Kier molecular flexibility index (Phi) is 5.21. The van der Waals surface area contributed by atoms with E-state index in [0.29, 0.717) is 26.2 Å². The second-order valence-corrected chi connectivity index (χ2v) is 5.64. The summed E-state index contributed by atoms with van der Waals surface area (Å²) in [5.41, 5.74) is 1.08. The SMILES string of the molecule is COc1cccc(OCCNC(=O)[C@H]2COc3ccccc3C2)c1. The van der Waals surface area contributed by atoms with Crippen molar-refractivity contribution in [1.29, 1.82) is 0 Å². The highest BCUT2D eigenvalue weighted by atomic mass is 16.5. The topological polar surface area (TPSA) is 56.8 Å². The number of para-hydroxylation sites is 1. The Bertz CT molecular complexity index is 701. The van der Waals surface area contributed by atoms with E-state index in [0.717, 1.165) is 22.8 Å². The predicted molar refractivity (Wildman–Crippen MR) is 90.6 cm³/mol. The van der Waals surface area contributed by atoms with E-state index in [1.165, 1.54) is 0 Å². The van der Waals surface area contributed by atoms with E-state index in [-0.39, 0.29) is 11.8 Å². The summed E-state index contributed by atoms with van der Waals surface area (Å²) in [6, 6.07) is 15.2. The van der Waals surface area contributed by atoms with E-state index in [4.69, 9.17) is 14.2 Å². The number of hydrogen-bond acceptors (Lipinski definition) is 4. The molecule has 0 bridgehead atoms. The van der Waals surface area contributed by atoms with Crippen molar-refractivity contribution in [1.82, 2.24) is 5.32 Å². The monoisotopic (exact) mass is 327 g/mol. The number of ether oxygens (including phenoxy) is 3. The van der Waals surface area contributed by atoms with Gasteiger partial charge in [0, 0.05) is 6.07 Å². The molecule has 1 aliphatic heterocycles. The molecule has 0 unspecified atom stereocenters. The molecule has 0 saturated heterocycles. The van der Waals surface area contributed by atoms with E-state index in [2.05, 4.69) is 5.32 Å². The van der Waals surface area contributed by atoms with Crippen LogP contribution in [0.15, 0.2) is 48.5 Å². The van der Waals surface area contributed by atoms with Crippen molar-refractivity contribution in [2.24, 2.45) is 5.92 Å². The number of hydrogen-bond donors (Lipinski definition) is 1. The molecule has 2 aromatic carbocycles. The van der Waals surface area contributed by atoms with Crippen LogP contribution in [-0.4, -0.2) is 32.8 Å². The Morgan fingerprint density at radius 2 is 2.04 bits per heavy atom. The zero-order valence-corrected chi connectivity index (χ0v) is 13.7. The lowest BCUT2D eigenvalue weighted by Gasteiger charge is -2.24. The van der Waals surface area contributed by atoms with Gasteiger partial charge in [-0.3, -0.25) is 4.79 Å². The van der Waals surface area contributed by atoms with Crippen LogP contribution >= 0.6 is 0 Å². The highest BCUT2D eigenvalue weighted by molar-refractivity contribution is 5.79. The van der Waals surface area contributed by atoms with Gasteiger partial charge >= 0.3 is 0 Å². The van der Waals surface area contributed by atoms with Gasteiger partial charge in [0.05, 0.1) is 19.6 Å². The van der Waals surface area contributed by atoms with Gasteiger partial charge in [0.25, 0.3) is 0 Å². The van der Waals surface area contributed by atoms with Gasteiger partial charge in [-0.15, -0.1) is 0 Å². The van der Waals surface area contributed by atoms with E-state index >= 15 is 0 Å². The average Bonchev–Trinajstić information content (AvgIpc) is 2.64. The number of amides is 1. The summed E-state index contributed by atoms with van der Waals surface area (Å²) in [5, 5.41) is 2.91. The Morgan fingerprint density at radius 3 is 2.92 bits per heavy atom. The first kappa shape index (κ1) is 16.2. The summed E-state index contributed by atoms with van der Waals surface area (Å²) in [7, 11) is 1.61. The lowest BCUT2D eigenvalue weighted by atomic mass is 9.96. The lowest BCUT2D eigenvalue weighted by Crippen LogP contribution is -2.39. The molecule has 1 amide bonds. The first-order valence-electron chi connectivity index (χ1n) is 8.01. The Hall–Kier alpha value is -2.69. The quantitative estimate of drug-likeness (QED) is 0.828. The van der Waals surface area contributed by atoms with Gasteiger partial charge in [-0.2, -0.15) is 0 Å². The molecule has 5 nitrogen and oxygen atoms in total. The maximum Gasteiger partial charge on any atom is 0.227 e. The van der Waals surface area contributed by atoms with Gasteiger partial charge in [-0.1, -0.05) is 24.3 Å². The van der Waals surface area contributed by atoms with Gasteiger partial charge in [0.2, 0.25) is 5.91 Å². The third-order valence-corrected chi connectivity index (χ3v) is 3.96. The summed E-state index contributed by atoms with van der Waals surface area (Å²) >= 11 is 0. The molecular weight excluding hydrogens is 306 g/mol. The van der Waals surface area contributed by atoms with E-state index in [1.807, 2.05) is 48.5 Å². The molecule has 2 aromatic rings. The third kappa shape index (κ3) is 3.98. The number of nitrogens with one attached hydrogen (secondary N) is 1. The molecular formula is C19H21NO4. The Labute approximate surface area is 141 Å². The van der Waals surface area contributed by atoms with E-state index in [9.17, 15) is 4.79 Å². The highest BCUT2D eigenvalue weighted by Gasteiger charge is 2.25. The first-order chi connectivity index (χ1) is 11.8. The van der Waals surface area contributed by atoms with Crippen molar-refractivity contribution in [3.63, 3.8) is 0 Å². The maximum atomic E-state index is 12.3. The summed E-state index contributed by atoms with van der Waals surface area (Å²) in [4.78, 5) is 12.3. The average molecular weight is 327 g/mol.